The molecule has 194 valence electrons. The Hall–Kier alpha value is -5.35. The highest BCUT2D eigenvalue weighted by molar-refractivity contribution is 7.01. The topological polar surface area (TPSA) is 30.9 Å². The van der Waals surface area contributed by atoms with Gasteiger partial charge in [0.1, 0.15) is 34.5 Å². The smallest absolute Gasteiger partial charge is 0.260 e. The van der Waals surface area contributed by atoms with E-state index in [0.717, 1.165) is 67.9 Å². The normalized spacial score (nSPS) is 14.1. The lowest BCUT2D eigenvalue weighted by Crippen LogP contribution is -2.62. The average molecular weight is 537 g/mol. The molecule has 0 aromatic heterocycles. The van der Waals surface area contributed by atoms with Crippen molar-refractivity contribution in [3.8, 4) is 34.5 Å². The van der Waals surface area contributed by atoms with Crippen LogP contribution in [0.1, 0.15) is 0 Å². The van der Waals surface area contributed by atoms with Crippen molar-refractivity contribution in [1.82, 2.24) is 0 Å². The number of fused-ring (bicyclic) bond motifs is 9. The quantitative estimate of drug-likeness (QED) is 0.281. The van der Waals surface area contributed by atoms with Crippen molar-refractivity contribution in [1.29, 1.82) is 0 Å². The third-order valence-corrected chi connectivity index (χ3v) is 9.05. The monoisotopic (exact) mass is 537 g/mol. The van der Waals surface area contributed by atoms with Crippen molar-refractivity contribution in [3.05, 3.63) is 127 Å². The maximum absolute atomic E-state index is 6.98. The van der Waals surface area contributed by atoms with Crippen molar-refractivity contribution in [3.63, 3.8) is 0 Å². The van der Waals surface area contributed by atoms with E-state index in [0.29, 0.717) is 0 Å². The van der Waals surface area contributed by atoms with Crippen LogP contribution < -0.4 is 51.9 Å². The van der Waals surface area contributed by atoms with E-state index in [1.807, 2.05) is 24.3 Å². The molecule has 0 spiro atoms. The van der Waals surface area contributed by atoms with E-state index in [2.05, 4.69) is 108 Å². The van der Waals surface area contributed by atoms with Crippen LogP contribution in [0.15, 0.2) is 127 Å². The zero-order valence-electron chi connectivity index (χ0n) is 22.5. The molecule has 0 bridgehead atoms. The molecule has 10 rings (SSSR count). The molecule has 0 unspecified atom stereocenters. The fraction of sp³-hybridized carbons (Fsp3) is 0. The van der Waals surface area contributed by atoms with Crippen LogP contribution in [0.4, 0.5) is 17.1 Å². The van der Waals surface area contributed by atoms with Crippen LogP contribution in [-0.4, -0.2) is 13.4 Å². The van der Waals surface area contributed by atoms with Crippen LogP contribution in [0.2, 0.25) is 0 Å². The summed E-state index contributed by atoms with van der Waals surface area (Å²) in [6.07, 6.45) is 0. The predicted molar refractivity (Wildman–Crippen MR) is 170 cm³/mol. The minimum absolute atomic E-state index is 0.00234. The van der Waals surface area contributed by atoms with E-state index in [1.54, 1.807) is 0 Å². The van der Waals surface area contributed by atoms with Crippen LogP contribution in [0.25, 0.3) is 0 Å². The van der Waals surface area contributed by atoms with Gasteiger partial charge in [-0.05, 0) is 75.8 Å². The second-order valence-electron chi connectivity index (χ2n) is 11.2. The number of para-hydroxylation sites is 3. The van der Waals surface area contributed by atoms with E-state index < -0.39 is 0 Å². The van der Waals surface area contributed by atoms with Gasteiger partial charge in [0.15, 0.2) is 0 Å². The summed E-state index contributed by atoms with van der Waals surface area (Å²) >= 11 is 0. The second kappa shape index (κ2) is 8.11. The summed E-state index contributed by atoms with van der Waals surface area (Å²) in [6.45, 7) is 0.0160. The molecule has 4 aliphatic rings. The Morgan fingerprint density at radius 2 is 0.952 bits per heavy atom. The van der Waals surface area contributed by atoms with E-state index >= 15 is 0 Å². The van der Waals surface area contributed by atoms with Gasteiger partial charge in [0.2, 0.25) is 0 Å². The number of anilines is 3. The zero-order chi connectivity index (χ0) is 27.4. The lowest BCUT2D eigenvalue weighted by atomic mass is 9.32. The Bertz CT molecular complexity index is 2110. The summed E-state index contributed by atoms with van der Waals surface area (Å²) in [4.78, 5) is 2.36. The van der Waals surface area contributed by atoms with E-state index in [4.69, 9.17) is 14.2 Å². The van der Waals surface area contributed by atoms with Crippen molar-refractivity contribution >= 4 is 63.3 Å². The molecule has 42 heavy (non-hydrogen) atoms. The molecule has 0 amide bonds. The Balaban J connectivity index is 1.31. The standard InChI is InChI=1S/C36H21B2NO3/c1-2-10-22(11-3-1)39-27-14-8-17-30-33(27)37(23-12-4-6-15-28(23)40-30)25-20-21-26-36(35(25)39)42-32-19-9-18-31-34(32)38(26)24-13-5-7-16-29(24)41-31/h1-21H. The molecule has 0 radical (unpaired) electrons. The highest BCUT2D eigenvalue weighted by atomic mass is 16.5. The molecule has 0 saturated heterocycles. The van der Waals surface area contributed by atoms with Crippen LogP contribution in [0.5, 0.6) is 34.5 Å². The van der Waals surface area contributed by atoms with Gasteiger partial charge < -0.3 is 19.1 Å². The third-order valence-electron chi connectivity index (χ3n) is 9.05. The van der Waals surface area contributed by atoms with Crippen LogP contribution in [0, 0.1) is 0 Å². The number of hydrogen-bond donors (Lipinski definition) is 0. The summed E-state index contributed by atoms with van der Waals surface area (Å²) in [6, 6.07) is 44.4. The van der Waals surface area contributed by atoms with Crippen molar-refractivity contribution in [2.24, 2.45) is 0 Å². The number of ether oxygens (including phenoxy) is 3. The van der Waals surface area contributed by atoms with Crippen molar-refractivity contribution in [2.75, 3.05) is 4.90 Å². The first-order valence-corrected chi connectivity index (χ1v) is 14.3. The number of hydrogen-bond acceptors (Lipinski definition) is 4. The fourth-order valence-corrected chi connectivity index (χ4v) is 7.39. The fourth-order valence-electron chi connectivity index (χ4n) is 7.39. The second-order valence-corrected chi connectivity index (χ2v) is 11.2. The van der Waals surface area contributed by atoms with Crippen LogP contribution in [-0.2, 0) is 0 Å². The number of benzene rings is 6. The Labute approximate surface area is 243 Å². The maximum Gasteiger partial charge on any atom is 0.260 e. The van der Waals surface area contributed by atoms with E-state index in [9.17, 15) is 0 Å². The first-order valence-electron chi connectivity index (χ1n) is 14.3. The predicted octanol–water partition coefficient (Wildman–Crippen LogP) is 4.82. The molecule has 0 fully saturated rings. The molecule has 0 aliphatic carbocycles. The molecule has 4 aliphatic heterocycles. The molecule has 0 saturated carbocycles. The minimum Gasteiger partial charge on any atom is -0.458 e. The molecule has 0 atom stereocenters. The summed E-state index contributed by atoms with van der Waals surface area (Å²) in [7, 11) is 0. The molecule has 4 nitrogen and oxygen atoms in total. The Morgan fingerprint density at radius 1 is 0.405 bits per heavy atom. The van der Waals surface area contributed by atoms with Gasteiger partial charge >= 0.3 is 0 Å². The molecule has 4 heterocycles. The van der Waals surface area contributed by atoms with E-state index in [-0.39, 0.29) is 13.4 Å². The summed E-state index contributed by atoms with van der Waals surface area (Å²) in [5, 5.41) is 0. The average Bonchev–Trinajstić information content (AvgIpc) is 3.05. The first-order chi connectivity index (χ1) is 20.8. The van der Waals surface area contributed by atoms with Gasteiger partial charge in [-0.3, -0.25) is 0 Å². The Kier molecular flexibility index (Phi) is 4.32. The molecule has 6 aromatic rings. The molecule has 6 heteroatoms. The van der Waals surface area contributed by atoms with Crippen LogP contribution in [0.3, 0.4) is 0 Å². The Morgan fingerprint density at radius 3 is 1.69 bits per heavy atom. The molecule has 6 aromatic carbocycles. The van der Waals surface area contributed by atoms with Gasteiger partial charge in [-0.15, -0.1) is 0 Å². The van der Waals surface area contributed by atoms with Gasteiger partial charge in [0.25, 0.3) is 13.4 Å². The largest absolute Gasteiger partial charge is 0.458 e. The van der Waals surface area contributed by atoms with Gasteiger partial charge in [0.05, 0.1) is 5.69 Å². The van der Waals surface area contributed by atoms with Gasteiger partial charge in [0, 0.05) is 16.8 Å². The minimum atomic E-state index is 0.00234. The van der Waals surface area contributed by atoms with Crippen molar-refractivity contribution in [2.45, 2.75) is 0 Å². The van der Waals surface area contributed by atoms with Crippen LogP contribution >= 0.6 is 0 Å². The number of rotatable bonds is 1. The lowest BCUT2D eigenvalue weighted by Gasteiger charge is -2.42. The molecular weight excluding hydrogens is 516 g/mol. The summed E-state index contributed by atoms with van der Waals surface area (Å²) in [5.74, 6) is 5.28. The zero-order valence-corrected chi connectivity index (χ0v) is 22.5. The lowest BCUT2D eigenvalue weighted by molar-refractivity contribution is 0.465. The molecule has 0 N–H and O–H groups in total. The first kappa shape index (κ1) is 22.4. The summed E-state index contributed by atoms with van der Waals surface area (Å²) in [5.41, 5.74) is 10.2. The van der Waals surface area contributed by atoms with Gasteiger partial charge in [-0.2, -0.15) is 0 Å². The highest BCUT2D eigenvalue weighted by Gasteiger charge is 2.47. The SMILES string of the molecule is c1ccc(N2c3cccc4c3B(c3ccccc3O4)c3ccc4c(c32)Oc2cccc3c2B4c2ccccc2O3)cc1. The molecular formula is C36H21B2NO3. The third kappa shape index (κ3) is 2.83. The highest BCUT2D eigenvalue weighted by Crippen LogP contribution is 2.46. The van der Waals surface area contributed by atoms with Crippen molar-refractivity contribution < 1.29 is 14.2 Å². The van der Waals surface area contributed by atoms with Gasteiger partial charge in [-0.25, -0.2) is 0 Å². The van der Waals surface area contributed by atoms with Gasteiger partial charge in [-0.1, -0.05) is 78.9 Å². The maximum atomic E-state index is 6.98. The van der Waals surface area contributed by atoms with E-state index in [1.165, 1.54) is 16.4 Å². The number of nitrogens with zero attached hydrogens (tertiary/aromatic N) is 1. The summed E-state index contributed by atoms with van der Waals surface area (Å²) < 4.78 is 19.9.